The number of hydrogen-bond acceptors (Lipinski definition) is 5. The third-order valence-corrected chi connectivity index (χ3v) is 2.81. The highest BCUT2D eigenvalue weighted by Crippen LogP contribution is 2.31. The largest absolute Gasteiger partial charge is 0.373 e. The lowest BCUT2D eigenvalue weighted by atomic mass is 10.1. The van der Waals surface area contributed by atoms with Crippen LogP contribution in [0.15, 0.2) is 16.9 Å². The zero-order valence-electron chi connectivity index (χ0n) is 7.74. The summed E-state index contributed by atoms with van der Waals surface area (Å²) in [6, 6.07) is 0.252. The molecule has 1 aliphatic rings. The third kappa shape index (κ3) is 2.07. The van der Waals surface area contributed by atoms with Crippen molar-refractivity contribution in [2.24, 2.45) is 0 Å². The van der Waals surface area contributed by atoms with Crippen molar-refractivity contribution >= 4 is 27.3 Å². The van der Waals surface area contributed by atoms with E-state index < -0.39 is 4.92 Å². The fourth-order valence-electron chi connectivity index (χ4n) is 1.30. The first-order chi connectivity index (χ1) is 7.18. The van der Waals surface area contributed by atoms with Crippen molar-refractivity contribution in [2.75, 3.05) is 18.4 Å². The summed E-state index contributed by atoms with van der Waals surface area (Å²) in [7, 11) is 0. The van der Waals surface area contributed by atoms with Crippen LogP contribution in [0.1, 0.15) is 0 Å². The van der Waals surface area contributed by atoms with Crippen LogP contribution < -0.4 is 10.6 Å². The SMILES string of the molecule is O=[N+]([O-])c1cncc(Br)c1NC1CNC1. The molecule has 1 aliphatic heterocycles. The smallest absolute Gasteiger partial charge is 0.311 e. The summed E-state index contributed by atoms with van der Waals surface area (Å²) in [5, 5.41) is 16.9. The summed E-state index contributed by atoms with van der Waals surface area (Å²) >= 11 is 3.25. The molecular weight excluding hydrogens is 264 g/mol. The number of aromatic nitrogens is 1. The number of halogens is 1. The van der Waals surface area contributed by atoms with Gasteiger partial charge in [-0.1, -0.05) is 0 Å². The van der Waals surface area contributed by atoms with Gasteiger partial charge in [-0.25, -0.2) is 0 Å². The Hall–Kier alpha value is -1.21. The van der Waals surface area contributed by atoms with Gasteiger partial charge in [0, 0.05) is 19.3 Å². The number of hydrogen-bond donors (Lipinski definition) is 2. The molecule has 0 saturated carbocycles. The van der Waals surface area contributed by atoms with Crippen molar-refractivity contribution in [1.29, 1.82) is 0 Å². The molecule has 1 aromatic heterocycles. The third-order valence-electron chi connectivity index (χ3n) is 2.21. The van der Waals surface area contributed by atoms with Gasteiger partial charge in [-0.2, -0.15) is 0 Å². The van der Waals surface area contributed by atoms with Crippen molar-refractivity contribution in [2.45, 2.75) is 6.04 Å². The van der Waals surface area contributed by atoms with Gasteiger partial charge in [0.1, 0.15) is 11.9 Å². The van der Waals surface area contributed by atoms with E-state index in [0.29, 0.717) is 10.2 Å². The molecule has 0 unspecified atom stereocenters. The number of nitro groups is 1. The molecule has 1 fully saturated rings. The summed E-state index contributed by atoms with van der Waals surface area (Å²) in [6.45, 7) is 1.65. The van der Waals surface area contributed by atoms with Crippen molar-refractivity contribution in [3.8, 4) is 0 Å². The van der Waals surface area contributed by atoms with E-state index in [1.165, 1.54) is 6.20 Å². The first kappa shape index (κ1) is 10.3. The highest BCUT2D eigenvalue weighted by Gasteiger charge is 2.23. The molecule has 1 aromatic rings. The fraction of sp³-hybridized carbons (Fsp3) is 0.375. The summed E-state index contributed by atoms with van der Waals surface area (Å²) in [5.41, 5.74) is 0.498. The van der Waals surface area contributed by atoms with Crippen LogP contribution in [0.5, 0.6) is 0 Å². The second kappa shape index (κ2) is 4.11. The Balaban J connectivity index is 2.29. The van der Waals surface area contributed by atoms with E-state index in [1.54, 1.807) is 6.20 Å². The molecule has 1 saturated heterocycles. The fourth-order valence-corrected chi connectivity index (χ4v) is 1.74. The van der Waals surface area contributed by atoms with Crippen molar-refractivity contribution < 1.29 is 4.92 Å². The summed E-state index contributed by atoms with van der Waals surface area (Å²) in [4.78, 5) is 14.1. The van der Waals surface area contributed by atoms with Gasteiger partial charge in [-0.15, -0.1) is 0 Å². The number of nitrogens with one attached hydrogen (secondary N) is 2. The minimum Gasteiger partial charge on any atom is -0.373 e. The van der Waals surface area contributed by atoms with Gasteiger partial charge in [-0.05, 0) is 15.9 Å². The standard InChI is InChI=1S/C8H9BrN4O2/c9-6-3-11-4-7(13(14)15)8(6)12-5-1-10-2-5/h3-5,10H,1-2H2,(H,11,12). The van der Waals surface area contributed by atoms with Crippen LogP contribution in [0, 0.1) is 10.1 Å². The normalized spacial score (nSPS) is 15.8. The van der Waals surface area contributed by atoms with Gasteiger partial charge in [0.05, 0.1) is 15.4 Å². The predicted molar refractivity (Wildman–Crippen MR) is 58.9 cm³/mol. The van der Waals surface area contributed by atoms with Crippen LogP contribution in [0.25, 0.3) is 0 Å². The average Bonchev–Trinajstić information content (AvgIpc) is 2.12. The Kier molecular flexibility index (Phi) is 2.83. The maximum Gasteiger partial charge on any atom is 0.311 e. The molecule has 0 aliphatic carbocycles. The first-order valence-electron chi connectivity index (χ1n) is 4.43. The van der Waals surface area contributed by atoms with Crippen LogP contribution in [0.2, 0.25) is 0 Å². The van der Waals surface area contributed by atoms with Crippen LogP contribution in [-0.2, 0) is 0 Å². The Morgan fingerprint density at radius 2 is 2.33 bits per heavy atom. The average molecular weight is 273 g/mol. The molecule has 0 aromatic carbocycles. The minimum atomic E-state index is -0.438. The molecule has 0 atom stereocenters. The van der Waals surface area contributed by atoms with Gasteiger partial charge in [-0.3, -0.25) is 15.1 Å². The van der Waals surface area contributed by atoms with E-state index >= 15 is 0 Å². The lowest BCUT2D eigenvalue weighted by molar-refractivity contribution is -0.384. The number of anilines is 1. The summed E-state index contributed by atoms with van der Waals surface area (Å²) in [5.74, 6) is 0. The monoisotopic (exact) mass is 272 g/mol. The van der Waals surface area contributed by atoms with Crippen LogP contribution in [-0.4, -0.2) is 29.0 Å². The summed E-state index contributed by atoms with van der Waals surface area (Å²) < 4.78 is 0.614. The van der Waals surface area contributed by atoms with E-state index in [2.05, 4.69) is 31.5 Å². The zero-order valence-corrected chi connectivity index (χ0v) is 9.32. The van der Waals surface area contributed by atoms with E-state index in [4.69, 9.17) is 0 Å². The molecular formula is C8H9BrN4O2. The predicted octanol–water partition coefficient (Wildman–Crippen LogP) is 1.14. The maximum absolute atomic E-state index is 10.8. The second-order valence-electron chi connectivity index (χ2n) is 3.27. The molecule has 6 nitrogen and oxygen atoms in total. The Morgan fingerprint density at radius 3 is 2.87 bits per heavy atom. The number of pyridine rings is 1. The molecule has 2 heterocycles. The molecule has 0 amide bonds. The van der Waals surface area contributed by atoms with Crippen molar-refractivity contribution in [3.63, 3.8) is 0 Å². The quantitative estimate of drug-likeness (QED) is 0.637. The molecule has 0 radical (unpaired) electrons. The number of nitrogens with zero attached hydrogens (tertiary/aromatic N) is 2. The molecule has 2 rings (SSSR count). The van der Waals surface area contributed by atoms with Crippen LogP contribution in [0.4, 0.5) is 11.4 Å². The highest BCUT2D eigenvalue weighted by atomic mass is 79.9. The van der Waals surface area contributed by atoms with Crippen LogP contribution in [0.3, 0.4) is 0 Å². The Labute approximate surface area is 94.4 Å². The second-order valence-corrected chi connectivity index (χ2v) is 4.13. The molecule has 2 N–H and O–H groups in total. The molecule has 15 heavy (non-hydrogen) atoms. The first-order valence-corrected chi connectivity index (χ1v) is 5.23. The Bertz CT molecular complexity index is 394. The molecule has 80 valence electrons. The van der Waals surface area contributed by atoms with Crippen molar-refractivity contribution in [3.05, 3.63) is 27.0 Å². The lowest BCUT2D eigenvalue weighted by Crippen LogP contribution is -2.51. The van der Waals surface area contributed by atoms with Crippen LogP contribution >= 0.6 is 15.9 Å². The van der Waals surface area contributed by atoms with Crippen molar-refractivity contribution in [1.82, 2.24) is 10.3 Å². The zero-order chi connectivity index (χ0) is 10.8. The minimum absolute atomic E-state index is 0.00345. The molecule has 0 spiro atoms. The molecule has 0 bridgehead atoms. The van der Waals surface area contributed by atoms with E-state index in [1.807, 2.05) is 0 Å². The number of rotatable bonds is 3. The topological polar surface area (TPSA) is 80.1 Å². The van der Waals surface area contributed by atoms with Gasteiger partial charge in [0.2, 0.25) is 0 Å². The van der Waals surface area contributed by atoms with E-state index in [0.717, 1.165) is 13.1 Å². The summed E-state index contributed by atoms with van der Waals surface area (Å²) in [6.07, 6.45) is 2.79. The van der Waals surface area contributed by atoms with Gasteiger partial charge < -0.3 is 10.6 Å². The van der Waals surface area contributed by atoms with E-state index in [-0.39, 0.29) is 11.7 Å². The Morgan fingerprint density at radius 1 is 1.60 bits per heavy atom. The van der Waals surface area contributed by atoms with Gasteiger partial charge in [0.15, 0.2) is 0 Å². The molecule has 7 heteroatoms. The van der Waals surface area contributed by atoms with Gasteiger partial charge >= 0.3 is 5.69 Å². The van der Waals surface area contributed by atoms with E-state index in [9.17, 15) is 10.1 Å². The maximum atomic E-state index is 10.8. The van der Waals surface area contributed by atoms with Gasteiger partial charge in [0.25, 0.3) is 0 Å². The highest BCUT2D eigenvalue weighted by molar-refractivity contribution is 9.10. The lowest BCUT2D eigenvalue weighted by Gasteiger charge is -2.29.